The number of nitrogens with one attached hydrogen (secondary N) is 1. The van der Waals surface area contributed by atoms with Gasteiger partial charge in [0.1, 0.15) is 17.4 Å². The lowest BCUT2D eigenvalue weighted by atomic mass is 10.1. The highest BCUT2D eigenvalue weighted by Gasteiger charge is 2.14. The van der Waals surface area contributed by atoms with Gasteiger partial charge in [-0.2, -0.15) is 0 Å². The van der Waals surface area contributed by atoms with E-state index in [1.807, 2.05) is 12.1 Å². The van der Waals surface area contributed by atoms with Gasteiger partial charge >= 0.3 is 0 Å². The minimum absolute atomic E-state index is 0.221. The van der Waals surface area contributed by atoms with Crippen LogP contribution >= 0.6 is 0 Å². The number of para-hydroxylation sites is 1. The monoisotopic (exact) mass is 232 g/mol. The SMILES string of the molecule is NCCN=C1CCN=C(c2ccccc2O)N1. The number of amidine groups is 2. The highest BCUT2D eigenvalue weighted by molar-refractivity contribution is 6.11. The van der Waals surface area contributed by atoms with Gasteiger partial charge in [0.15, 0.2) is 0 Å². The number of hydrogen-bond donors (Lipinski definition) is 3. The average molecular weight is 232 g/mol. The van der Waals surface area contributed by atoms with E-state index in [1.165, 1.54) is 0 Å². The van der Waals surface area contributed by atoms with Crippen molar-refractivity contribution in [3.05, 3.63) is 29.8 Å². The first-order valence-corrected chi connectivity index (χ1v) is 5.64. The third-order valence-electron chi connectivity index (χ3n) is 2.47. The molecule has 5 heteroatoms. The Morgan fingerprint density at radius 1 is 1.41 bits per heavy atom. The first-order chi connectivity index (χ1) is 8.31. The number of nitrogens with zero attached hydrogens (tertiary/aromatic N) is 2. The molecule has 1 aliphatic rings. The van der Waals surface area contributed by atoms with Crippen LogP contribution in [0.1, 0.15) is 12.0 Å². The van der Waals surface area contributed by atoms with E-state index >= 15 is 0 Å². The lowest BCUT2D eigenvalue weighted by Gasteiger charge is -2.17. The molecular weight excluding hydrogens is 216 g/mol. The lowest BCUT2D eigenvalue weighted by molar-refractivity contribution is 0.474. The third-order valence-corrected chi connectivity index (χ3v) is 2.47. The first-order valence-electron chi connectivity index (χ1n) is 5.64. The summed E-state index contributed by atoms with van der Waals surface area (Å²) in [5.74, 6) is 1.77. The maximum atomic E-state index is 9.74. The molecule has 1 heterocycles. The number of aromatic hydroxyl groups is 1. The molecule has 1 aliphatic heterocycles. The van der Waals surface area contributed by atoms with Crippen molar-refractivity contribution in [1.82, 2.24) is 5.32 Å². The second-order valence-electron chi connectivity index (χ2n) is 3.74. The quantitative estimate of drug-likeness (QED) is 0.709. The largest absolute Gasteiger partial charge is 0.507 e. The summed E-state index contributed by atoms with van der Waals surface area (Å²) in [5.41, 5.74) is 6.11. The molecule has 0 atom stereocenters. The van der Waals surface area contributed by atoms with E-state index in [9.17, 15) is 5.11 Å². The van der Waals surface area contributed by atoms with Crippen LogP contribution in [-0.2, 0) is 0 Å². The maximum absolute atomic E-state index is 9.74. The predicted molar refractivity (Wildman–Crippen MR) is 68.6 cm³/mol. The normalized spacial score (nSPS) is 17.7. The van der Waals surface area contributed by atoms with Gasteiger partial charge in [-0.05, 0) is 12.1 Å². The highest BCUT2D eigenvalue weighted by atomic mass is 16.3. The first kappa shape index (κ1) is 11.6. The number of aliphatic imine (C=N–C) groups is 2. The molecule has 4 N–H and O–H groups in total. The number of rotatable bonds is 3. The van der Waals surface area contributed by atoms with Crippen molar-refractivity contribution >= 4 is 11.7 Å². The molecule has 0 spiro atoms. The van der Waals surface area contributed by atoms with Crippen molar-refractivity contribution in [2.45, 2.75) is 6.42 Å². The molecule has 0 amide bonds. The summed E-state index contributed by atoms with van der Waals surface area (Å²) in [6.07, 6.45) is 0.789. The van der Waals surface area contributed by atoms with Crippen LogP contribution in [0.5, 0.6) is 5.75 Å². The van der Waals surface area contributed by atoms with E-state index < -0.39 is 0 Å². The topological polar surface area (TPSA) is 83.0 Å². The molecule has 90 valence electrons. The smallest absolute Gasteiger partial charge is 0.137 e. The van der Waals surface area contributed by atoms with Crippen molar-refractivity contribution in [3.63, 3.8) is 0 Å². The Morgan fingerprint density at radius 2 is 2.24 bits per heavy atom. The number of nitrogens with two attached hydrogens (primary N) is 1. The zero-order valence-corrected chi connectivity index (χ0v) is 9.56. The Labute approximate surface area is 100 Å². The Balaban J connectivity index is 2.18. The van der Waals surface area contributed by atoms with Crippen molar-refractivity contribution in [3.8, 4) is 5.75 Å². The fourth-order valence-corrected chi connectivity index (χ4v) is 1.66. The molecule has 0 saturated carbocycles. The fourth-order valence-electron chi connectivity index (χ4n) is 1.66. The van der Waals surface area contributed by atoms with Crippen LogP contribution in [0.3, 0.4) is 0 Å². The van der Waals surface area contributed by atoms with E-state index in [0.29, 0.717) is 31.0 Å². The Morgan fingerprint density at radius 3 is 3.00 bits per heavy atom. The third kappa shape index (κ3) is 2.82. The molecule has 0 unspecified atom stereocenters. The second-order valence-corrected chi connectivity index (χ2v) is 3.74. The molecule has 5 nitrogen and oxygen atoms in total. The molecular formula is C12H16N4O. The summed E-state index contributed by atoms with van der Waals surface area (Å²) in [7, 11) is 0. The van der Waals surface area contributed by atoms with Crippen molar-refractivity contribution in [2.24, 2.45) is 15.7 Å². The Kier molecular flexibility index (Phi) is 3.72. The number of benzene rings is 1. The van der Waals surface area contributed by atoms with Crippen LogP contribution < -0.4 is 11.1 Å². The molecule has 1 aromatic rings. The van der Waals surface area contributed by atoms with E-state index in [2.05, 4.69) is 15.3 Å². The van der Waals surface area contributed by atoms with Gasteiger partial charge in [-0.1, -0.05) is 12.1 Å². The van der Waals surface area contributed by atoms with Crippen LogP contribution in [0, 0.1) is 0 Å². The number of hydrogen-bond acceptors (Lipinski definition) is 4. The van der Waals surface area contributed by atoms with Gasteiger partial charge in [-0.3, -0.25) is 9.98 Å². The van der Waals surface area contributed by atoms with Crippen LogP contribution in [0.2, 0.25) is 0 Å². The van der Waals surface area contributed by atoms with E-state index in [0.717, 1.165) is 12.3 Å². The lowest BCUT2D eigenvalue weighted by Crippen LogP contribution is -2.36. The van der Waals surface area contributed by atoms with Crippen LogP contribution in [-0.4, -0.2) is 36.4 Å². The maximum Gasteiger partial charge on any atom is 0.137 e. The van der Waals surface area contributed by atoms with Crippen molar-refractivity contribution in [1.29, 1.82) is 0 Å². The zero-order valence-electron chi connectivity index (χ0n) is 9.56. The Bertz CT molecular complexity index is 454. The molecule has 0 aromatic heterocycles. The van der Waals surface area contributed by atoms with Crippen molar-refractivity contribution < 1.29 is 5.11 Å². The summed E-state index contributed by atoms with van der Waals surface area (Å²) >= 11 is 0. The standard InChI is InChI=1S/C12H16N4O/c13-6-8-14-11-5-7-15-12(16-11)9-3-1-2-4-10(9)17/h1-4,17H,5-8,13H2,(H,14,15,16). The minimum atomic E-state index is 0.221. The molecule has 0 saturated heterocycles. The molecule has 0 bridgehead atoms. The van der Waals surface area contributed by atoms with E-state index in [4.69, 9.17) is 5.73 Å². The van der Waals surface area contributed by atoms with Gasteiger partial charge in [-0.25, -0.2) is 0 Å². The molecule has 1 aromatic carbocycles. The molecule has 0 fully saturated rings. The van der Waals surface area contributed by atoms with Gasteiger partial charge in [-0.15, -0.1) is 0 Å². The summed E-state index contributed by atoms with van der Waals surface area (Å²) < 4.78 is 0. The predicted octanol–water partition coefficient (Wildman–Crippen LogP) is 0.489. The van der Waals surface area contributed by atoms with Gasteiger partial charge in [0.2, 0.25) is 0 Å². The minimum Gasteiger partial charge on any atom is -0.507 e. The van der Waals surface area contributed by atoms with Crippen molar-refractivity contribution in [2.75, 3.05) is 19.6 Å². The Hall–Kier alpha value is -1.88. The van der Waals surface area contributed by atoms with Crippen LogP contribution in [0.15, 0.2) is 34.3 Å². The summed E-state index contributed by atoms with van der Waals surface area (Å²) in [5, 5.41) is 12.9. The summed E-state index contributed by atoms with van der Waals surface area (Å²) in [4.78, 5) is 8.68. The molecule has 0 radical (unpaired) electrons. The average Bonchev–Trinajstić information content (AvgIpc) is 2.37. The van der Waals surface area contributed by atoms with Gasteiger partial charge in [0, 0.05) is 19.5 Å². The van der Waals surface area contributed by atoms with E-state index in [-0.39, 0.29) is 5.75 Å². The zero-order chi connectivity index (χ0) is 12.1. The molecule has 17 heavy (non-hydrogen) atoms. The summed E-state index contributed by atoms with van der Waals surface area (Å²) in [6, 6.07) is 7.12. The van der Waals surface area contributed by atoms with Gasteiger partial charge < -0.3 is 16.2 Å². The van der Waals surface area contributed by atoms with Gasteiger partial charge in [0.05, 0.1) is 12.1 Å². The molecule has 0 aliphatic carbocycles. The van der Waals surface area contributed by atoms with E-state index in [1.54, 1.807) is 12.1 Å². The molecule has 2 rings (SSSR count). The fraction of sp³-hybridized carbons (Fsp3) is 0.333. The van der Waals surface area contributed by atoms with Crippen LogP contribution in [0.4, 0.5) is 0 Å². The van der Waals surface area contributed by atoms with Gasteiger partial charge in [0.25, 0.3) is 0 Å². The number of phenolic OH excluding ortho intramolecular Hbond substituents is 1. The second kappa shape index (κ2) is 5.45. The number of phenols is 1. The summed E-state index contributed by atoms with van der Waals surface area (Å²) in [6.45, 7) is 1.82. The highest BCUT2D eigenvalue weighted by Crippen LogP contribution is 2.17. The van der Waals surface area contributed by atoms with Crippen LogP contribution in [0.25, 0.3) is 0 Å².